The maximum absolute atomic E-state index is 12.9. The summed E-state index contributed by atoms with van der Waals surface area (Å²) in [6.45, 7) is 3.75. The predicted molar refractivity (Wildman–Crippen MR) is 108 cm³/mol. The zero-order valence-electron chi connectivity index (χ0n) is 16.0. The smallest absolute Gasteiger partial charge is 0.255 e. The van der Waals surface area contributed by atoms with E-state index in [1.165, 1.54) is 0 Å². The molecule has 1 saturated heterocycles. The highest BCUT2D eigenvalue weighted by Gasteiger charge is 2.19. The zero-order chi connectivity index (χ0) is 19.4. The number of nitrogens with one attached hydrogen (secondary N) is 1. The summed E-state index contributed by atoms with van der Waals surface area (Å²) < 4.78 is 10.5. The van der Waals surface area contributed by atoms with Crippen molar-refractivity contribution in [2.24, 2.45) is 0 Å². The second kappa shape index (κ2) is 8.18. The highest BCUT2D eigenvalue weighted by Crippen LogP contribution is 2.30. The van der Waals surface area contributed by atoms with Crippen molar-refractivity contribution >= 4 is 23.0 Å². The lowest BCUT2D eigenvalue weighted by Gasteiger charge is -2.35. The van der Waals surface area contributed by atoms with Crippen LogP contribution in [-0.2, 0) is 0 Å². The molecule has 0 aliphatic carbocycles. The van der Waals surface area contributed by atoms with Gasteiger partial charge < -0.3 is 30.3 Å². The van der Waals surface area contributed by atoms with E-state index in [0.29, 0.717) is 28.4 Å². The third-order valence-electron chi connectivity index (χ3n) is 4.73. The van der Waals surface area contributed by atoms with Crippen LogP contribution in [0.15, 0.2) is 36.4 Å². The Morgan fingerprint density at radius 3 is 2.22 bits per heavy atom. The van der Waals surface area contributed by atoms with E-state index in [0.717, 1.165) is 31.9 Å². The third kappa shape index (κ3) is 4.43. The van der Waals surface area contributed by atoms with E-state index >= 15 is 0 Å². The second-order valence-corrected chi connectivity index (χ2v) is 6.62. The van der Waals surface area contributed by atoms with Crippen LogP contribution in [0.2, 0.25) is 0 Å². The number of amides is 1. The van der Waals surface area contributed by atoms with Gasteiger partial charge in [-0.2, -0.15) is 0 Å². The van der Waals surface area contributed by atoms with Crippen LogP contribution in [0.25, 0.3) is 0 Å². The van der Waals surface area contributed by atoms with Crippen LogP contribution in [0.1, 0.15) is 10.4 Å². The predicted octanol–water partition coefficient (Wildman–Crippen LogP) is 2.29. The van der Waals surface area contributed by atoms with Gasteiger partial charge >= 0.3 is 0 Å². The number of methoxy groups -OCH3 is 2. The summed E-state index contributed by atoms with van der Waals surface area (Å²) in [7, 11) is 5.22. The number of nitrogens with two attached hydrogens (primary N) is 1. The molecule has 0 unspecified atom stereocenters. The number of nitrogens with zero attached hydrogens (tertiary/aromatic N) is 2. The van der Waals surface area contributed by atoms with Gasteiger partial charge in [-0.15, -0.1) is 0 Å². The Hall–Kier alpha value is -2.93. The van der Waals surface area contributed by atoms with Crippen LogP contribution in [0.4, 0.5) is 17.1 Å². The number of carbonyl (C=O) groups is 1. The van der Waals surface area contributed by atoms with Gasteiger partial charge in [-0.25, -0.2) is 0 Å². The third-order valence-corrected chi connectivity index (χ3v) is 4.73. The van der Waals surface area contributed by atoms with Crippen LogP contribution in [-0.4, -0.2) is 58.3 Å². The van der Waals surface area contributed by atoms with Gasteiger partial charge in [0.1, 0.15) is 11.5 Å². The fourth-order valence-electron chi connectivity index (χ4n) is 3.11. The molecule has 1 aliphatic rings. The van der Waals surface area contributed by atoms with Gasteiger partial charge in [0.15, 0.2) is 0 Å². The van der Waals surface area contributed by atoms with Crippen molar-refractivity contribution < 1.29 is 14.3 Å². The Morgan fingerprint density at radius 1 is 1.00 bits per heavy atom. The minimum absolute atomic E-state index is 0.242. The van der Waals surface area contributed by atoms with Gasteiger partial charge in [-0.05, 0) is 37.4 Å². The van der Waals surface area contributed by atoms with E-state index in [9.17, 15) is 4.79 Å². The van der Waals surface area contributed by atoms with Gasteiger partial charge in [-0.3, -0.25) is 4.79 Å². The van der Waals surface area contributed by atoms with E-state index in [4.69, 9.17) is 15.2 Å². The second-order valence-electron chi connectivity index (χ2n) is 6.62. The fourth-order valence-corrected chi connectivity index (χ4v) is 3.11. The first-order valence-electron chi connectivity index (χ1n) is 8.87. The molecular formula is C20H26N4O3. The van der Waals surface area contributed by atoms with Gasteiger partial charge in [0, 0.05) is 43.5 Å². The molecule has 144 valence electrons. The van der Waals surface area contributed by atoms with Crippen molar-refractivity contribution in [2.45, 2.75) is 0 Å². The van der Waals surface area contributed by atoms with Gasteiger partial charge in [-0.1, -0.05) is 0 Å². The molecule has 2 aromatic carbocycles. The van der Waals surface area contributed by atoms with Gasteiger partial charge in [0.25, 0.3) is 5.91 Å². The lowest BCUT2D eigenvalue weighted by Crippen LogP contribution is -2.44. The number of carbonyl (C=O) groups excluding carboxylic acids is 1. The SMILES string of the molecule is COc1cc(OC)cc(C(=O)Nc2cc(N)ccc2N2CCN(C)CC2)c1. The number of nitrogen functional groups attached to an aromatic ring is 1. The summed E-state index contributed by atoms with van der Waals surface area (Å²) in [5, 5.41) is 2.99. The minimum Gasteiger partial charge on any atom is -0.497 e. The molecule has 0 atom stereocenters. The molecular weight excluding hydrogens is 344 g/mol. The summed E-state index contributed by atoms with van der Waals surface area (Å²) in [6.07, 6.45) is 0. The molecule has 2 aromatic rings. The van der Waals surface area contributed by atoms with Crippen LogP contribution >= 0.6 is 0 Å². The van der Waals surface area contributed by atoms with Crippen molar-refractivity contribution in [1.29, 1.82) is 0 Å². The Labute approximate surface area is 159 Å². The number of rotatable bonds is 5. The lowest BCUT2D eigenvalue weighted by molar-refractivity contribution is 0.102. The molecule has 1 aliphatic heterocycles. The topological polar surface area (TPSA) is 80.1 Å². The van der Waals surface area contributed by atoms with E-state index in [1.54, 1.807) is 38.5 Å². The summed E-state index contributed by atoms with van der Waals surface area (Å²) in [6, 6.07) is 10.7. The van der Waals surface area contributed by atoms with Crippen molar-refractivity contribution in [3.63, 3.8) is 0 Å². The number of likely N-dealkylation sites (N-methyl/N-ethyl adjacent to an activating group) is 1. The molecule has 0 bridgehead atoms. The molecule has 3 N–H and O–H groups in total. The Kier molecular flexibility index (Phi) is 5.71. The van der Waals surface area contributed by atoms with Gasteiger partial charge in [0.05, 0.1) is 25.6 Å². The Bertz CT molecular complexity index is 795. The van der Waals surface area contributed by atoms with Crippen LogP contribution in [0, 0.1) is 0 Å². The molecule has 0 saturated carbocycles. The first-order chi connectivity index (χ1) is 13.0. The van der Waals surface area contributed by atoms with Crippen molar-refractivity contribution in [1.82, 2.24) is 4.90 Å². The monoisotopic (exact) mass is 370 g/mol. The molecule has 7 heteroatoms. The first kappa shape index (κ1) is 18.8. The number of hydrogen-bond acceptors (Lipinski definition) is 6. The summed E-state index contributed by atoms with van der Waals surface area (Å²) in [5.41, 5.74) is 8.70. The molecule has 1 amide bonds. The quantitative estimate of drug-likeness (QED) is 0.786. The fraction of sp³-hybridized carbons (Fsp3) is 0.350. The van der Waals surface area contributed by atoms with E-state index in [2.05, 4.69) is 22.2 Å². The van der Waals surface area contributed by atoms with E-state index < -0.39 is 0 Å². The zero-order valence-corrected chi connectivity index (χ0v) is 16.0. The largest absolute Gasteiger partial charge is 0.497 e. The summed E-state index contributed by atoms with van der Waals surface area (Å²) >= 11 is 0. The molecule has 27 heavy (non-hydrogen) atoms. The average Bonchev–Trinajstić information content (AvgIpc) is 2.68. The first-order valence-corrected chi connectivity index (χ1v) is 8.87. The minimum atomic E-state index is -0.242. The average molecular weight is 370 g/mol. The standard InChI is InChI=1S/C20H26N4O3/c1-23-6-8-24(9-7-23)19-5-4-15(21)12-18(19)22-20(25)14-10-16(26-2)13-17(11-14)27-3/h4-5,10-13H,6-9,21H2,1-3H3,(H,22,25). The highest BCUT2D eigenvalue weighted by molar-refractivity contribution is 6.06. The molecule has 7 nitrogen and oxygen atoms in total. The normalized spacial score (nSPS) is 14.7. The lowest BCUT2D eigenvalue weighted by atomic mass is 10.1. The maximum Gasteiger partial charge on any atom is 0.255 e. The van der Waals surface area contributed by atoms with E-state index in [-0.39, 0.29) is 5.91 Å². The molecule has 0 spiro atoms. The maximum atomic E-state index is 12.9. The van der Waals surface area contributed by atoms with E-state index in [1.807, 2.05) is 12.1 Å². The van der Waals surface area contributed by atoms with Crippen LogP contribution in [0.3, 0.4) is 0 Å². The van der Waals surface area contributed by atoms with Gasteiger partial charge in [0.2, 0.25) is 0 Å². The van der Waals surface area contributed by atoms with Crippen molar-refractivity contribution in [3.8, 4) is 11.5 Å². The molecule has 0 radical (unpaired) electrons. The molecule has 0 aromatic heterocycles. The Morgan fingerprint density at radius 2 is 1.63 bits per heavy atom. The molecule has 1 fully saturated rings. The number of benzene rings is 2. The van der Waals surface area contributed by atoms with Crippen molar-refractivity contribution in [3.05, 3.63) is 42.0 Å². The van der Waals surface area contributed by atoms with Crippen molar-refractivity contribution in [2.75, 3.05) is 63.4 Å². The summed E-state index contributed by atoms with van der Waals surface area (Å²) in [5.74, 6) is 0.880. The number of anilines is 3. The summed E-state index contributed by atoms with van der Waals surface area (Å²) in [4.78, 5) is 17.4. The number of hydrogen-bond donors (Lipinski definition) is 2. The molecule has 1 heterocycles. The Balaban J connectivity index is 1.86. The number of ether oxygens (including phenoxy) is 2. The number of piperazine rings is 1. The highest BCUT2D eigenvalue weighted by atomic mass is 16.5. The molecule has 3 rings (SSSR count). The van der Waals surface area contributed by atoms with Crippen LogP contribution < -0.4 is 25.4 Å². The van der Waals surface area contributed by atoms with Crippen LogP contribution in [0.5, 0.6) is 11.5 Å².